The molecule has 0 radical (unpaired) electrons. The van der Waals surface area contributed by atoms with Gasteiger partial charge in [0.15, 0.2) is 0 Å². The fourth-order valence-electron chi connectivity index (χ4n) is 3.16. The average molecular weight is 470 g/mol. The van der Waals surface area contributed by atoms with Gasteiger partial charge in [0.1, 0.15) is 5.69 Å². The van der Waals surface area contributed by atoms with Gasteiger partial charge in [-0.2, -0.15) is 9.59 Å². The first kappa shape index (κ1) is 27.5. The van der Waals surface area contributed by atoms with Crippen LogP contribution in [0.4, 0.5) is 0 Å². The van der Waals surface area contributed by atoms with Gasteiger partial charge in [0.2, 0.25) is 0 Å². The number of aliphatic hydroxyl groups is 3. The number of benzene rings is 1. The number of nitrogens with one attached hydrogen (secondary N) is 2. The topological polar surface area (TPSA) is 175 Å². The molecule has 0 aliphatic carbocycles. The van der Waals surface area contributed by atoms with Crippen LogP contribution < -0.4 is 11.1 Å². The Balaban J connectivity index is 0.00000161. The highest BCUT2D eigenvalue weighted by molar-refractivity contribution is 6.36. The number of aromatic amines is 1. The number of rotatable bonds is 11. The molecule has 11 heteroatoms. The Hall–Kier alpha value is -2.56. The van der Waals surface area contributed by atoms with Crippen LogP contribution in [0.3, 0.4) is 0 Å². The summed E-state index contributed by atoms with van der Waals surface area (Å²) in [6.45, 7) is 2.52. The zero-order valence-corrected chi connectivity index (χ0v) is 18.5. The van der Waals surface area contributed by atoms with Crippen molar-refractivity contribution in [2.45, 2.75) is 39.7 Å². The molecule has 0 bridgehead atoms. The molecule has 0 saturated heterocycles. The first-order chi connectivity index (χ1) is 15.4. The Morgan fingerprint density at radius 2 is 1.84 bits per heavy atom. The van der Waals surface area contributed by atoms with E-state index >= 15 is 0 Å². The predicted molar refractivity (Wildman–Crippen MR) is 115 cm³/mol. The number of halogens is 1. The Bertz CT molecular complexity index is 925. The van der Waals surface area contributed by atoms with Crippen molar-refractivity contribution in [2.75, 3.05) is 19.7 Å². The number of aliphatic hydroxyl groups excluding tert-OH is 3. The standard InChI is InChI=1S/C20H28ClN3O5.CO2/c1-2-7-29-20(28)19-18(21)17(16(24-19)8-23-6-5-22)13-4-3-12(9-25)14(10-26)15(13)11-27;2-1-3/h3-4,23-27H,2,5-11,22H2,1H3;. The zero-order chi connectivity index (χ0) is 24.1. The van der Waals surface area contributed by atoms with Gasteiger partial charge in [0, 0.05) is 30.9 Å². The van der Waals surface area contributed by atoms with E-state index in [-0.39, 0.29) is 43.3 Å². The molecule has 2 aromatic rings. The molecule has 0 saturated carbocycles. The highest BCUT2D eigenvalue weighted by Gasteiger charge is 2.25. The van der Waals surface area contributed by atoms with Crippen LogP contribution in [0.1, 0.15) is 46.2 Å². The molecule has 32 heavy (non-hydrogen) atoms. The van der Waals surface area contributed by atoms with E-state index in [1.807, 2.05) is 6.92 Å². The summed E-state index contributed by atoms with van der Waals surface area (Å²) in [5.41, 5.74) is 8.77. The summed E-state index contributed by atoms with van der Waals surface area (Å²) >= 11 is 6.57. The van der Waals surface area contributed by atoms with E-state index in [1.54, 1.807) is 12.1 Å². The number of aromatic nitrogens is 1. The molecule has 1 aromatic heterocycles. The molecular formula is C21H28ClN3O7. The monoisotopic (exact) mass is 469 g/mol. The molecule has 10 nitrogen and oxygen atoms in total. The third-order valence-corrected chi connectivity index (χ3v) is 4.94. The number of carbonyl (C=O) groups excluding carboxylic acids is 3. The van der Waals surface area contributed by atoms with E-state index in [0.717, 1.165) is 0 Å². The molecule has 0 spiro atoms. The molecule has 0 fully saturated rings. The van der Waals surface area contributed by atoms with Gasteiger partial charge < -0.3 is 36.1 Å². The number of hydrogen-bond acceptors (Lipinski definition) is 9. The predicted octanol–water partition coefficient (Wildman–Crippen LogP) is 0.844. The molecule has 0 atom stereocenters. The van der Waals surface area contributed by atoms with Crippen molar-refractivity contribution in [1.29, 1.82) is 0 Å². The number of ether oxygens (including phenoxy) is 1. The molecule has 2 rings (SSSR count). The third kappa shape index (κ3) is 6.72. The number of nitrogens with two attached hydrogens (primary N) is 1. The van der Waals surface area contributed by atoms with Crippen LogP contribution in [0, 0.1) is 0 Å². The minimum atomic E-state index is -0.567. The second-order valence-corrected chi connectivity index (χ2v) is 6.93. The first-order valence-electron chi connectivity index (χ1n) is 9.89. The summed E-state index contributed by atoms with van der Waals surface area (Å²) in [6, 6.07) is 3.37. The van der Waals surface area contributed by atoms with Gasteiger partial charge in [0.25, 0.3) is 0 Å². The van der Waals surface area contributed by atoms with Crippen LogP contribution in [-0.2, 0) is 40.7 Å². The van der Waals surface area contributed by atoms with E-state index in [0.29, 0.717) is 59.6 Å². The van der Waals surface area contributed by atoms with Crippen LogP contribution in [-0.4, -0.2) is 52.1 Å². The first-order valence-corrected chi connectivity index (χ1v) is 10.3. The largest absolute Gasteiger partial charge is 0.461 e. The lowest BCUT2D eigenvalue weighted by atomic mass is 9.92. The average Bonchev–Trinajstić information content (AvgIpc) is 3.12. The minimum Gasteiger partial charge on any atom is -0.461 e. The van der Waals surface area contributed by atoms with Crippen molar-refractivity contribution in [3.8, 4) is 11.1 Å². The lowest BCUT2D eigenvalue weighted by Crippen LogP contribution is -2.22. The summed E-state index contributed by atoms with van der Waals surface area (Å²) in [4.78, 5) is 31.7. The highest BCUT2D eigenvalue weighted by Crippen LogP contribution is 2.38. The molecule has 176 valence electrons. The summed E-state index contributed by atoms with van der Waals surface area (Å²) in [5, 5.41) is 32.6. The maximum Gasteiger partial charge on any atom is 0.373 e. The second kappa shape index (κ2) is 14.5. The lowest BCUT2D eigenvalue weighted by Gasteiger charge is -2.16. The number of hydrogen-bond donors (Lipinski definition) is 6. The molecule has 1 aromatic carbocycles. The van der Waals surface area contributed by atoms with E-state index in [4.69, 9.17) is 31.7 Å². The Morgan fingerprint density at radius 1 is 1.19 bits per heavy atom. The molecule has 1 heterocycles. The summed E-state index contributed by atoms with van der Waals surface area (Å²) in [5.74, 6) is -0.567. The Kier molecular flexibility index (Phi) is 12.4. The molecule has 0 aliphatic rings. The fraction of sp³-hybridized carbons (Fsp3) is 0.429. The van der Waals surface area contributed by atoms with E-state index in [9.17, 15) is 20.1 Å². The fourth-order valence-corrected chi connectivity index (χ4v) is 3.50. The number of carbonyl (C=O) groups is 1. The van der Waals surface area contributed by atoms with Crippen LogP contribution in [0.5, 0.6) is 0 Å². The van der Waals surface area contributed by atoms with Crippen LogP contribution >= 0.6 is 11.6 Å². The van der Waals surface area contributed by atoms with Crippen LogP contribution in [0.25, 0.3) is 11.1 Å². The zero-order valence-electron chi connectivity index (χ0n) is 17.7. The lowest BCUT2D eigenvalue weighted by molar-refractivity contribution is -0.191. The maximum absolute atomic E-state index is 12.4. The van der Waals surface area contributed by atoms with Gasteiger partial charge in [-0.3, -0.25) is 0 Å². The van der Waals surface area contributed by atoms with Gasteiger partial charge in [-0.1, -0.05) is 30.7 Å². The van der Waals surface area contributed by atoms with E-state index in [1.165, 1.54) is 0 Å². The van der Waals surface area contributed by atoms with Crippen LogP contribution in [0.2, 0.25) is 5.02 Å². The SMILES string of the molecule is CCCOC(=O)c1[nH]c(CNCCN)c(-c2ccc(CO)c(CO)c2CO)c1Cl.O=C=O. The van der Waals surface area contributed by atoms with E-state index < -0.39 is 5.97 Å². The van der Waals surface area contributed by atoms with Gasteiger partial charge in [-0.15, -0.1) is 0 Å². The molecular weight excluding hydrogens is 442 g/mol. The highest BCUT2D eigenvalue weighted by atomic mass is 35.5. The van der Waals surface area contributed by atoms with Crippen molar-refractivity contribution in [2.24, 2.45) is 5.73 Å². The molecule has 0 amide bonds. The van der Waals surface area contributed by atoms with E-state index in [2.05, 4.69) is 10.3 Å². The maximum atomic E-state index is 12.4. The Labute approximate surface area is 190 Å². The number of esters is 1. The second-order valence-electron chi connectivity index (χ2n) is 6.56. The van der Waals surface area contributed by atoms with Crippen molar-refractivity contribution in [1.82, 2.24) is 10.3 Å². The third-order valence-electron chi connectivity index (χ3n) is 4.57. The summed E-state index contributed by atoms with van der Waals surface area (Å²) < 4.78 is 5.21. The van der Waals surface area contributed by atoms with Crippen molar-refractivity contribution < 1.29 is 34.4 Å². The summed E-state index contributed by atoms with van der Waals surface area (Å²) in [6.07, 6.45) is 0.930. The quantitative estimate of drug-likeness (QED) is 0.206. The normalized spacial score (nSPS) is 10.3. The smallest absolute Gasteiger partial charge is 0.373 e. The molecule has 0 aliphatic heterocycles. The van der Waals surface area contributed by atoms with Crippen LogP contribution in [0.15, 0.2) is 12.1 Å². The van der Waals surface area contributed by atoms with Gasteiger partial charge in [0.05, 0.1) is 31.5 Å². The van der Waals surface area contributed by atoms with Gasteiger partial charge in [-0.25, -0.2) is 4.79 Å². The summed E-state index contributed by atoms with van der Waals surface area (Å²) in [7, 11) is 0. The molecule has 7 N–H and O–H groups in total. The van der Waals surface area contributed by atoms with Gasteiger partial charge >= 0.3 is 12.1 Å². The van der Waals surface area contributed by atoms with Crippen molar-refractivity contribution >= 4 is 23.7 Å². The molecule has 0 unspecified atom stereocenters. The van der Waals surface area contributed by atoms with Gasteiger partial charge in [-0.05, 0) is 28.7 Å². The minimum absolute atomic E-state index is 0.125. The van der Waals surface area contributed by atoms with Crippen molar-refractivity contribution in [3.63, 3.8) is 0 Å². The number of H-pyrrole nitrogens is 1. The Morgan fingerprint density at radius 3 is 2.38 bits per heavy atom. The van der Waals surface area contributed by atoms with Crippen molar-refractivity contribution in [3.05, 3.63) is 45.2 Å².